The predicted molar refractivity (Wildman–Crippen MR) is 140 cm³/mol. The number of nitrogens with two attached hydrogens (primary N) is 1. The van der Waals surface area contributed by atoms with E-state index in [2.05, 4.69) is 20.5 Å². The molecule has 38 heavy (non-hydrogen) atoms. The number of amides is 2. The van der Waals surface area contributed by atoms with E-state index < -0.39 is 18.4 Å². The molecular weight excluding hydrogens is 492 g/mol. The van der Waals surface area contributed by atoms with Gasteiger partial charge in [0.25, 0.3) is 18.2 Å². The molecule has 8 nitrogen and oxygen atoms in total. The van der Waals surface area contributed by atoms with Crippen molar-refractivity contribution in [2.45, 2.75) is 83.0 Å². The molecule has 0 radical (unpaired) electrons. The van der Waals surface area contributed by atoms with Crippen LogP contribution in [-0.2, 0) is 0 Å². The van der Waals surface area contributed by atoms with Crippen LogP contribution in [0, 0.1) is 12.8 Å². The summed E-state index contributed by atoms with van der Waals surface area (Å²) in [7, 11) is 0. The van der Waals surface area contributed by atoms with Gasteiger partial charge in [-0.3, -0.25) is 14.4 Å². The van der Waals surface area contributed by atoms with E-state index in [-0.39, 0.29) is 47.0 Å². The first-order chi connectivity index (χ1) is 18.1. The zero-order valence-electron chi connectivity index (χ0n) is 21.5. The molecule has 2 saturated heterocycles. The number of aromatic nitrogens is 1. The number of ketones is 1. The maximum atomic E-state index is 13.3. The molecule has 4 N–H and O–H groups in total. The second-order valence-corrected chi connectivity index (χ2v) is 10.8. The fourth-order valence-corrected chi connectivity index (χ4v) is 5.78. The van der Waals surface area contributed by atoms with Gasteiger partial charge in [0.2, 0.25) is 0 Å². The van der Waals surface area contributed by atoms with Gasteiger partial charge in [-0.05, 0) is 82.2 Å². The predicted octanol–water partition coefficient (Wildman–Crippen LogP) is 4.08. The fourth-order valence-electron chi connectivity index (χ4n) is 5.78. The Bertz CT molecular complexity index is 1230. The Morgan fingerprint density at radius 3 is 2.29 bits per heavy atom. The van der Waals surface area contributed by atoms with E-state index in [0.717, 1.165) is 44.3 Å². The number of anilines is 2. The van der Waals surface area contributed by atoms with Crippen molar-refractivity contribution in [3.8, 4) is 0 Å². The summed E-state index contributed by atoms with van der Waals surface area (Å²) < 4.78 is 26.3. The molecular formula is C28H33F2N5O3. The Kier molecular flexibility index (Phi) is 7.07. The molecule has 3 fully saturated rings. The van der Waals surface area contributed by atoms with Gasteiger partial charge in [0.05, 0.1) is 11.6 Å². The Labute approximate surface area is 220 Å². The average Bonchev–Trinajstić information content (AvgIpc) is 3.69. The van der Waals surface area contributed by atoms with E-state index in [0.29, 0.717) is 16.7 Å². The highest BCUT2D eigenvalue weighted by Gasteiger charge is 2.42. The lowest BCUT2D eigenvalue weighted by molar-refractivity contribution is 0.0923. The molecule has 3 aliphatic rings. The van der Waals surface area contributed by atoms with Gasteiger partial charge in [-0.2, -0.15) is 0 Å². The first-order valence-corrected chi connectivity index (χ1v) is 13.2. The van der Waals surface area contributed by atoms with Crippen LogP contribution in [0.1, 0.15) is 82.1 Å². The smallest absolute Gasteiger partial charge is 0.258 e. The van der Waals surface area contributed by atoms with Gasteiger partial charge in [0, 0.05) is 47.1 Å². The minimum absolute atomic E-state index is 0.0569. The number of alkyl halides is 2. The van der Waals surface area contributed by atoms with Crippen LogP contribution in [0.4, 0.5) is 20.3 Å². The van der Waals surface area contributed by atoms with Crippen molar-refractivity contribution < 1.29 is 23.2 Å². The number of nitrogens with one attached hydrogen (secondary N) is 2. The third-order valence-corrected chi connectivity index (χ3v) is 7.95. The number of Topliss-reactive ketones (excluding diaryl/α,β-unsaturated/α-hetero) is 1. The number of nitrogens with zero attached hydrogens (tertiary/aromatic N) is 2. The van der Waals surface area contributed by atoms with Crippen LogP contribution >= 0.6 is 0 Å². The van der Waals surface area contributed by atoms with Gasteiger partial charge in [-0.1, -0.05) is 0 Å². The number of benzene rings is 1. The van der Waals surface area contributed by atoms with Crippen LogP contribution in [-0.4, -0.2) is 53.2 Å². The SMILES string of the molecule is Cc1cc(C(N)=O)c(NC(C)C(F)F)cc1C(=O)NC1C[C@H]2CC[C@@H](C1)N2c1ccc(C(=O)C2CC2)cn1. The number of carbonyl (C=O) groups excluding carboxylic acids is 3. The van der Waals surface area contributed by atoms with Gasteiger partial charge >= 0.3 is 0 Å². The van der Waals surface area contributed by atoms with Gasteiger partial charge < -0.3 is 21.3 Å². The molecule has 10 heteroatoms. The van der Waals surface area contributed by atoms with Crippen molar-refractivity contribution in [2.24, 2.45) is 11.7 Å². The number of piperidine rings is 1. The van der Waals surface area contributed by atoms with Gasteiger partial charge in [0.15, 0.2) is 5.78 Å². The zero-order valence-corrected chi connectivity index (χ0v) is 21.5. The van der Waals surface area contributed by atoms with Crippen molar-refractivity contribution in [1.82, 2.24) is 10.3 Å². The van der Waals surface area contributed by atoms with Crippen molar-refractivity contribution in [1.29, 1.82) is 0 Å². The number of aryl methyl sites for hydroxylation is 1. The molecule has 2 aliphatic heterocycles. The van der Waals surface area contributed by atoms with Crippen molar-refractivity contribution in [2.75, 3.05) is 10.2 Å². The minimum Gasteiger partial charge on any atom is -0.376 e. The highest BCUT2D eigenvalue weighted by Crippen LogP contribution is 2.39. The molecule has 4 atom stereocenters. The Morgan fingerprint density at radius 2 is 1.74 bits per heavy atom. The van der Waals surface area contributed by atoms with Gasteiger partial charge in [-0.25, -0.2) is 13.8 Å². The Morgan fingerprint density at radius 1 is 1.05 bits per heavy atom. The number of carbonyl (C=O) groups is 3. The van der Waals surface area contributed by atoms with E-state index >= 15 is 0 Å². The average molecular weight is 526 g/mol. The normalized spacial score (nSPS) is 23.3. The number of hydrogen-bond acceptors (Lipinski definition) is 6. The molecule has 2 aromatic rings. The van der Waals surface area contributed by atoms with Crippen LogP contribution in [0.15, 0.2) is 30.5 Å². The van der Waals surface area contributed by atoms with Crippen molar-refractivity contribution >= 4 is 29.1 Å². The van der Waals surface area contributed by atoms with Crippen LogP contribution in [0.25, 0.3) is 0 Å². The Hall–Kier alpha value is -3.56. The van der Waals surface area contributed by atoms with Gasteiger partial charge in [-0.15, -0.1) is 0 Å². The second kappa shape index (κ2) is 10.3. The molecule has 0 spiro atoms. The number of primary amides is 1. The molecule has 202 valence electrons. The number of pyridine rings is 1. The molecule has 1 saturated carbocycles. The highest BCUT2D eigenvalue weighted by atomic mass is 19.3. The summed E-state index contributed by atoms with van der Waals surface area (Å²) in [6, 6.07) is 5.86. The zero-order chi connectivity index (χ0) is 27.1. The number of fused-ring (bicyclic) bond motifs is 2. The molecule has 1 aliphatic carbocycles. The lowest BCUT2D eigenvalue weighted by atomic mass is 9.95. The summed E-state index contributed by atoms with van der Waals surface area (Å²) >= 11 is 0. The fraction of sp³-hybridized carbons (Fsp3) is 0.500. The summed E-state index contributed by atoms with van der Waals surface area (Å²) in [6.45, 7) is 2.99. The van der Waals surface area contributed by atoms with Crippen LogP contribution in [0.3, 0.4) is 0 Å². The Balaban J connectivity index is 1.27. The quantitative estimate of drug-likeness (QED) is 0.425. The molecule has 1 aromatic heterocycles. The molecule has 2 amide bonds. The van der Waals surface area contributed by atoms with Crippen LogP contribution in [0.5, 0.6) is 0 Å². The van der Waals surface area contributed by atoms with Crippen LogP contribution in [0.2, 0.25) is 0 Å². The van der Waals surface area contributed by atoms with E-state index in [9.17, 15) is 23.2 Å². The number of halogens is 2. The number of rotatable bonds is 9. The van der Waals surface area contributed by atoms with E-state index in [4.69, 9.17) is 5.73 Å². The third kappa shape index (κ3) is 5.21. The topological polar surface area (TPSA) is 117 Å². The lowest BCUT2D eigenvalue weighted by Gasteiger charge is -2.40. The summed E-state index contributed by atoms with van der Waals surface area (Å²) in [5, 5.41) is 5.74. The summed E-state index contributed by atoms with van der Waals surface area (Å²) in [4.78, 5) is 44.4. The summed E-state index contributed by atoms with van der Waals surface area (Å²) in [6.07, 6.45) is 4.44. The van der Waals surface area contributed by atoms with Crippen LogP contribution < -0.4 is 21.3 Å². The maximum Gasteiger partial charge on any atom is 0.258 e. The molecule has 3 heterocycles. The first-order valence-electron chi connectivity index (χ1n) is 13.2. The highest BCUT2D eigenvalue weighted by molar-refractivity contribution is 6.03. The summed E-state index contributed by atoms with van der Waals surface area (Å²) in [5.74, 6) is 0.121. The number of hydrogen-bond donors (Lipinski definition) is 3. The second-order valence-electron chi connectivity index (χ2n) is 10.8. The van der Waals surface area contributed by atoms with Crippen molar-refractivity contribution in [3.05, 3.63) is 52.7 Å². The molecule has 1 aromatic carbocycles. The largest absolute Gasteiger partial charge is 0.376 e. The molecule has 2 unspecified atom stereocenters. The minimum atomic E-state index is -2.65. The maximum absolute atomic E-state index is 13.3. The lowest BCUT2D eigenvalue weighted by Crippen LogP contribution is -2.50. The molecule has 2 bridgehead atoms. The van der Waals surface area contributed by atoms with E-state index in [1.807, 2.05) is 12.1 Å². The monoisotopic (exact) mass is 525 g/mol. The first kappa shape index (κ1) is 26.1. The van der Waals surface area contributed by atoms with Crippen molar-refractivity contribution in [3.63, 3.8) is 0 Å². The molecule has 5 rings (SSSR count). The van der Waals surface area contributed by atoms with Gasteiger partial charge in [0.1, 0.15) is 5.82 Å². The standard InChI is InChI=1S/C28H33F2N5O3/c1-14-9-22(27(31)37)23(33-15(2)26(29)30)12-21(14)28(38)34-18-10-19-6-7-20(11-18)35(19)24-8-5-17(13-32-24)25(36)16-3-4-16/h5,8-9,12-13,15-16,18-20,26,33H,3-4,6-7,10-11H2,1-2H3,(H2,31,37)(H,34,38)/t15?,18?,19-,20+. The summed E-state index contributed by atoms with van der Waals surface area (Å²) in [5.41, 5.74) is 7.15. The third-order valence-electron chi connectivity index (χ3n) is 7.95. The van der Waals surface area contributed by atoms with E-state index in [1.165, 1.54) is 19.1 Å². The van der Waals surface area contributed by atoms with E-state index in [1.54, 1.807) is 13.1 Å².